The van der Waals surface area contributed by atoms with Gasteiger partial charge in [-0.05, 0) is 24.6 Å². The molecule has 1 fully saturated rings. The van der Waals surface area contributed by atoms with Gasteiger partial charge in [-0.1, -0.05) is 12.1 Å². The summed E-state index contributed by atoms with van der Waals surface area (Å²) < 4.78 is 0. The summed E-state index contributed by atoms with van der Waals surface area (Å²) >= 11 is 0. The maximum Gasteiger partial charge on any atom is 0.130 e. The van der Waals surface area contributed by atoms with E-state index in [-0.39, 0.29) is 24.2 Å². The van der Waals surface area contributed by atoms with E-state index >= 15 is 0 Å². The summed E-state index contributed by atoms with van der Waals surface area (Å²) in [6, 6.07) is 7.06. The van der Waals surface area contributed by atoms with E-state index in [0.717, 1.165) is 18.7 Å². The number of phenols is 1. The van der Waals surface area contributed by atoms with Crippen molar-refractivity contribution >= 4 is 0 Å². The third-order valence-electron chi connectivity index (χ3n) is 3.35. The molecule has 0 bridgehead atoms. The molecule has 0 aliphatic carbocycles. The molecule has 0 aromatic heterocycles. The Morgan fingerprint density at radius 1 is 1.19 bits per heavy atom. The first-order chi connectivity index (χ1) is 7.18. The van der Waals surface area contributed by atoms with Crippen LogP contribution < -0.4 is 17.3 Å². The van der Waals surface area contributed by atoms with Crippen LogP contribution in [0.5, 0.6) is 5.75 Å². The molecular formula is C12H18ClNO2. The van der Waals surface area contributed by atoms with E-state index < -0.39 is 6.10 Å². The molecule has 0 saturated carbocycles. The van der Waals surface area contributed by atoms with Crippen molar-refractivity contribution in [2.24, 2.45) is 0 Å². The normalized spacial score (nSPS) is 19.4. The maximum atomic E-state index is 10.1. The fourth-order valence-electron chi connectivity index (χ4n) is 2.02. The van der Waals surface area contributed by atoms with E-state index in [4.69, 9.17) is 5.11 Å². The van der Waals surface area contributed by atoms with E-state index in [2.05, 4.69) is 6.92 Å². The van der Waals surface area contributed by atoms with Gasteiger partial charge in [-0.3, -0.25) is 0 Å². The van der Waals surface area contributed by atoms with E-state index in [9.17, 15) is 5.11 Å². The second-order valence-corrected chi connectivity index (χ2v) is 4.34. The Bertz CT molecular complexity index is 324. The first-order valence-electron chi connectivity index (χ1n) is 5.50. The van der Waals surface area contributed by atoms with Crippen LogP contribution >= 0.6 is 0 Å². The van der Waals surface area contributed by atoms with E-state index in [1.165, 1.54) is 11.3 Å². The molecular weight excluding hydrogens is 226 g/mol. The van der Waals surface area contributed by atoms with Gasteiger partial charge < -0.3 is 27.5 Å². The summed E-state index contributed by atoms with van der Waals surface area (Å²) in [7, 11) is 0. The van der Waals surface area contributed by atoms with Crippen molar-refractivity contribution < 1.29 is 27.5 Å². The molecule has 0 amide bonds. The molecule has 0 radical (unpaired) electrons. The summed E-state index contributed by atoms with van der Waals surface area (Å²) in [5.74, 6) is 0.245. The average molecular weight is 244 g/mol. The van der Waals surface area contributed by atoms with Crippen LogP contribution in [-0.4, -0.2) is 29.3 Å². The zero-order valence-electron chi connectivity index (χ0n) is 9.36. The minimum Gasteiger partial charge on any atom is -1.00 e. The highest BCUT2D eigenvalue weighted by molar-refractivity contribution is 5.27. The van der Waals surface area contributed by atoms with Crippen LogP contribution in [-0.2, 0) is 0 Å². The summed E-state index contributed by atoms with van der Waals surface area (Å²) in [5.41, 5.74) is 0.889. The van der Waals surface area contributed by atoms with E-state index in [0.29, 0.717) is 0 Å². The number of aromatic hydroxyl groups is 1. The Kier molecular flexibility index (Phi) is 4.59. The van der Waals surface area contributed by atoms with Crippen molar-refractivity contribution in [1.29, 1.82) is 0 Å². The number of quaternary nitrogens is 1. The van der Waals surface area contributed by atoms with Gasteiger partial charge in [0.15, 0.2) is 0 Å². The maximum absolute atomic E-state index is 10.1. The smallest absolute Gasteiger partial charge is 0.130 e. The molecule has 1 aliphatic rings. The Balaban J connectivity index is 0.00000128. The fraction of sp³-hybridized carbons (Fsp3) is 0.500. The van der Waals surface area contributed by atoms with Crippen molar-refractivity contribution in [1.82, 2.24) is 0 Å². The monoisotopic (exact) mass is 243 g/mol. The number of hydrogen-bond acceptors (Lipinski definition) is 2. The van der Waals surface area contributed by atoms with Gasteiger partial charge in [0.25, 0.3) is 0 Å². The van der Waals surface area contributed by atoms with Crippen molar-refractivity contribution in [2.75, 3.05) is 13.1 Å². The third kappa shape index (κ3) is 2.67. The number of hydrogen-bond donors (Lipinski definition) is 3. The summed E-state index contributed by atoms with van der Waals surface area (Å²) in [6.45, 7) is 4.40. The predicted octanol–water partition coefficient (Wildman–Crippen LogP) is -2.89. The van der Waals surface area contributed by atoms with Crippen LogP contribution in [0.2, 0.25) is 0 Å². The quantitative estimate of drug-likeness (QED) is 0.534. The van der Waals surface area contributed by atoms with Crippen molar-refractivity contribution in [3.05, 3.63) is 29.8 Å². The predicted molar refractivity (Wildman–Crippen MR) is 57.8 cm³/mol. The van der Waals surface area contributed by atoms with Crippen molar-refractivity contribution in [3.8, 4) is 5.75 Å². The van der Waals surface area contributed by atoms with Gasteiger partial charge in [-0.15, -0.1) is 0 Å². The number of phenolic OH excluding ortho intramolecular Hbond substituents is 1. The average Bonchev–Trinajstić information content (AvgIpc) is 2.15. The first kappa shape index (κ1) is 13.3. The van der Waals surface area contributed by atoms with Gasteiger partial charge in [0.05, 0.1) is 13.1 Å². The van der Waals surface area contributed by atoms with Gasteiger partial charge in [-0.2, -0.15) is 0 Å². The summed E-state index contributed by atoms with van der Waals surface area (Å²) in [6.07, 6.45) is 0.836. The molecule has 4 heteroatoms. The molecule has 2 rings (SSSR count). The molecule has 1 saturated heterocycles. The Labute approximate surface area is 102 Å². The van der Waals surface area contributed by atoms with Crippen LogP contribution in [0.1, 0.15) is 25.0 Å². The van der Waals surface area contributed by atoms with Gasteiger partial charge >= 0.3 is 0 Å². The molecule has 90 valence electrons. The van der Waals surface area contributed by atoms with Gasteiger partial charge in [0, 0.05) is 6.42 Å². The molecule has 1 heterocycles. The van der Waals surface area contributed by atoms with E-state index in [1.54, 1.807) is 24.3 Å². The number of aliphatic hydroxyl groups is 1. The third-order valence-corrected chi connectivity index (χ3v) is 3.35. The SMILES string of the molecule is CC(C(O)c1ccc(O)cc1)[NH+]1CCC1.[Cl-]. The zero-order valence-corrected chi connectivity index (χ0v) is 10.1. The number of rotatable bonds is 3. The molecule has 2 unspecified atom stereocenters. The lowest BCUT2D eigenvalue weighted by Crippen LogP contribution is -3.21. The minimum absolute atomic E-state index is 0. The molecule has 1 aromatic carbocycles. The molecule has 3 nitrogen and oxygen atoms in total. The molecule has 1 aliphatic heterocycles. The second-order valence-electron chi connectivity index (χ2n) is 4.34. The topological polar surface area (TPSA) is 44.9 Å². The van der Waals surface area contributed by atoms with Crippen LogP contribution in [0.25, 0.3) is 0 Å². The van der Waals surface area contributed by atoms with Crippen molar-refractivity contribution in [3.63, 3.8) is 0 Å². The summed E-state index contributed by atoms with van der Waals surface area (Å²) in [5, 5.41) is 19.3. The number of aliphatic hydroxyl groups excluding tert-OH is 1. The molecule has 1 aromatic rings. The largest absolute Gasteiger partial charge is 1.00 e. The Morgan fingerprint density at radius 3 is 2.19 bits per heavy atom. The van der Waals surface area contributed by atoms with Crippen LogP contribution in [0.15, 0.2) is 24.3 Å². The highest BCUT2D eigenvalue weighted by Crippen LogP contribution is 2.18. The Hall–Kier alpha value is -0.770. The summed E-state index contributed by atoms with van der Waals surface area (Å²) in [4.78, 5) is 1.47. The highest BCUT2D eigenvalue weighted by Gasteiger charge is 2.30. The van der Waals surface area contributed by atoms with E-state index in [1.807, 2.05) is 0 Å². The standard InChI is InChI=1S/C12H17NO2.ClH/c1-9(13-7-2-8-13)12(15)10-3-5-11(14)6-4-10;/h3-6,9,12,14-15H,2,7-8H2,1H3;1H. The molecule has 3 N–H and O–H groups in total. The highest BCUT2D eigenvalue weighted by atomic mass is 35.5. The lowest BCUT2D eigenvalue weighted by molar-refractivity contribution is -0.964. The van der Waals surface area contributed by atoms with Gasteiger partial charge in [-0.25, -0.2) is 0 Å². The van der Waals surface area contributed by atoms with Crippen LogP contribution in [0.4, 0.5) is 0 Å². The van der Waals surface area contributed by atoms with Gasteiger partial charge in [0.2, 0.25) is 0 Å². The second kappa shape index (κ2) is 5.53. The molecule has 2 atom stereocenters. The zero-order chi connectivity index (χ0) is 10.8. The minimum atomic E-state index is -0.430. The van der Waals surface area contributed by atoms with Crippen LogP contribution in [0.3, 0.4) is 0 Å². The van der Waals surface area contributed by atoms with Gasteiger partial charge in [0.1, 0.15) is 17.9 Å². The molecule has 16 heavy (non-hydrogen) atoms. The Morgan fingerprint density at radius 2 is 1.75 bits per heavy atom. The lowest BCUT2D eigenvalue weighted by Gasteiger charge is -2.35. The fourth-order valence-corrected chi connectivity index (χ4v) is 2.02. The lowest BCUT2D eigenvalue weighted by atomic mass is 10.00. The van der Waals surface area contributed by atoms with Crippen molar-refractivity contribution in [2.45, 2.75) is 25.5 Å². The number of nitrogens with one attached hydrogen (secondary N) is 1. The number of halogens is 1. The van der Waals surface area contributed by atoms with Crippen LogP contribution in [0, 0.1) is 0 Å². The first-order valence-corrected chi connectivity index (χ1v) is 5.50. The number of likely N-dealkylation sites (tertiary alicyclic amines) is 1. The molecule has 0 spiro atoms. The number of benzene rings is 1.